The number of benzene rings is 2. The van der Waals surface area contributed by atoms with Gasteiger partial charge in [-0.05, 0) is 47.4 Å². The molecule has 1 saturated heterocycles. The first-order chi connectivity index (χ1) is 15.2. The zero-order chi connectivity index (χ0) is 21.4. The molecule has 5 nitrogen and oxygen atoms in total. The van der Waals surface area contributed by atoms with Gasteiger partial charge in [-0.1, -0.05) is 42.5 Å². The van der Waals surface area contributed by atoms with Crippen LogP contribution in [0, 0.1) is 5.92 Å². The predicted octanol–water partition coefficient (Wildman–Crippen LogP) is 3.69. The van der Waals surface area contributed by atoms with E-state index in [0.717, 1.165) is 28.9 Å². The summed E-state index contributed by atoms with van der Waals surface area (Å²) >= 11 is 0. The van der Waals surface area contributed by atoms with E-state index < -0.39 is 0 Å². The van der Waals surface area contributed by atoms with Crippen molar-refractivity contribution in [2.75, 3.05) is 25.1 Å². The van der Waals surface area contributed by atoms with Gasteiger partial charge >= 0.3 is 0 Å². The van der Waals surface area contributed by atoms with Crippen molar-refractivity contribution in [1.29, 1.82) is 0 Å². The molecule has 1 aromatic heterocycles. The average Bonchev–Trinajstić information content (AvgIpc) is 3.26. The number of aliphatic hydroxyl groups is 1. The smallest absolute Gasteiger partial charge is 0.229 e. The summed E-state index contributed by atoms with van der Waals surface area (Å²) < 4.78 is 0. The first-order valence-electron chi connectivity index (χ1n) is 10.9. The molecule has 1 amide bonds. The second-order valence-electron chi connectivity index (χ2n) is 8.48. The molecule has 3 atom stereocenters. The van der Waals surface area contributed by atoms with Gasteiger partial charge in [-0.2, -0.15) is 0 Å². The van der Waals surface area contributed by atoms with E-state index in [2.05, 4.69) is 47.3 Å². The van der Waals surface area contributed by atoms with Crippen molar-refractivity contribution in [3.8, 4) is 11.1 Å². The molecule has 0 radical (unpaired) electrons. The molecular formula is C26H27N3O2. The lowest BCUT2D eigenvalue weighted by Gasteiger charge is -2.44. The van der Waals surface area contributed by atoms with Crippen LogP contribution in [0.15, 0.2) is 72.9 Å². The van der Waals surface area contributed by atoms with Gasteiger partial charge in [0.2, 0.25) is 5.91 Å². The van der Waals surface area contributed by atoms with Crippen molar-refractivity contribution in [2.45, 2.75) is 24.9 Å². The van der Waals surface area contributed by atoms with E-state index in [-0.39, 0.29) is 30.5 Å². The van der Waals surface area contributed by atoms with E-state index in [1.54, 1.807) is 6.20 Å². The van der Waals surface area contributed by atoms with Crippen molar-refractivity contribution >= 4 is 11.6 Å². The van der Waals surface area contributed by atoms with Gasteiger partial charge in [-0.25, -0.2) is 0 Å². The summed E-state index contributed by atoms with van der Waals surface area (Å²) in [5.74, 6) is 0.310. The highest BCUT2D eigenvalue weighted by Gasteiger charge is 2.47. The quantitative estimate of drug-likeness (QED) is 0.709. The van der Waals surface area contributed by atoms with E-state index in [1.165, 1.54) is 5.56 Å². The topological polar surface area (TPSA) is 56.7 Å². The second-order valence-corrected chi connectivity index (χ2v) is 8.48. The summed E-state index contributed by atoms with van der Waals surface area (Å²) in [5.41, 5.74) is 5.37. The Morgan fingerprint density at radius 2 is 1.87 bits per heavy atom. The van der Waals surface area contributed by atoms with Gasteiger partial charge in [0, 0.05) is 37.1 Å². The van der Waals surface area contributed by atoms with Crippen LogP contribution in [-0.4, -0.2) is 47.1 Å². The molecule has 5 rings (SSSR count). The summed E-state index contributed by atoms with van der Waals surface area (Å²) in [6, 6.07) is 22.5. The lowest BCUT2D eigenvalue weighted by Crippen LogP contribution is -2.48. The third kappa shape index (κ3) is 3.49. The Morgan fingerprint density at radius 3 is 2.61 bits per heavy atom. The molecule has 158 valence electrons. The summed E-state index contributed by atoms with van der Waals surface area (Å²) in [5, 5.41) is 10.2. The van der Waals surface area contributed by atoms with Crippen molar-refractivity contribution < 1.29 is 9.90 Å². The fourth-order valence-corrected chi connectivity index (χ4v) is 5.30. The maximum atomic E-state index is 13.3. The molecule has 1 N–H and O–H groups in total. The Kier molecular flexibility index (Phi) is 5.20. The largest absolute Gasteiger partial charge is 0.394 e. The molecule has 2 aliphatic rings. The van der Waals surface area contributed by atoms with Crippen LogP contribution in [0.5, 0.6) is 0 Å². The lowest BCUT2D eigenvalue weighted by atomic mass is 9.81. The van der Waals surface area contributed by atoms with Gasteiger partial charge < -0.3 is 14.9 Å². The van der Waals surface area contributed by atoms with Gasteiger partial charge in [0.15, 0.2) is 0 Å². The first-order valence-corrected chi connectivity index (χ1v) is 10.9. The van der Waals surface area contributed by atoms with Crippen LogP contribution in [0.2, 0.25) is 0 Å². The zero-order valence-corrected chi connectivity index (χ0v) is 17.7. The average molecular weight is 414 g/mol. The van der Waals surface area contributed by atoms with Crippen LogP contribution in [0.1, 0.15) is 23.7 Å². The highest BCUT2D eigenvalue weighted by molar-refractivity contribution is 5.80. The fourth-order valence-electron chi connectivity index (χ4n) is 5.30. The minimum Gasteiger partial charge on any atom is -0.394 e. The van der Waals surface area contributed by atoms with Crippen LogP contribution < -0.4 is 4.90 Å². The third-order valence-electron chi connectivity index (χ3n) is 6.84. The number of rotatable bonds is 4. The van der Waals surface area contributed by atoms with E-state index in [9.17, 15) is 9.90 Å². The molecule has 0 bridgehead atoms. The van der Waals surface area contributed by atoms with Crippen molar-refractivity contribution in [1.82, 2.24) is 9.88 Å². The number of amides is 1. The van der Waals surface area contributed by atoms with Gasteiger partial charge in [0.05, 0.1) is 25.1 Å². The third-order valence-corrected chi connectivity index (χ3v) is 6.84. The van der Waals surface area contributed by atoms with E-state index in [1.807, 2.05) is 41.3 Å². The van der Waals surface area contributed by atoms with Gasteiger partial charge in [-0.3, -0.25) is 9.78 Å². The summed E-state index contributed by atoms with van der Waals surface area (Å²) in [4.78, 5) is 21.9. The molecule has 2 aromatic carbocycles. The molecular weight excluding hydrogens is 386 g/mol. The van der Waals surface area contributed by atoms with Crippen molar-refractivity contribution in [3.05, 3.63) is 84.2 Å². The number of pyridine rings is 1. The summed E-state index contributed by atoms with van der Waals surface area (Å²) in [6.07, 6.45) is 2.93. The van der Waals surface area contributed by atoms with Gasteiger partial charge in [0.1, 0.15) is 0 Å². The Morgan fingerprint density at radius 1 is 1.06 bits per heavy atom. The minimum atomic E-state index is -0.0248. The van der Waals surface area contributed by atoms with Crippen LogP contribution in [0.4, 0.5) is 5.69 Å². The first kappa shape index (κ1) is 19.8. The number of likely N-dealkylation sites (N-methyl/N-ethyl adjacent to an activating group) is 1. The molecule has 0 saturated carbocycles. The molecule has 3 aromatic rings. The lowest BCUT2D eigenvalue weighted by molar-refractivity contribution is -0.132. The van der Waals surface area contributed by atoms with Gasteiger partial charge in [0.25, 0.3) is 0 Å². The Hall–Kier alpha value is -3.18. The zero-order valence-electron chi connectivity index (χ0n) is 17.7. The molecule has 5 heteroatoms. The number of hydrogen-bond donors (Lipinski definition) is 1. The molecule has 0 aliphatic carbocycles. The molecule has 0 unspecified atom stereocenters. The molecule has 2 aliphatic heterocycles. The van der Waals surface area contributed by atoms with Crippen molar-refractivity contribution in [3.63, 3.8) is 0 Å². The Labute approximate surface area is 183 Å². The molecule has 31 heavy (non-hydrogen) atoms. The SMILES string of the molecule is CN1c2ccc(-c3ccccc3)cc2[C@H]2[C@H](CCN2C(=O)Cc2ccccn2)[C@@H]1CO. The molecule has 1 fully saturated rings. The van der Waals surface area contributed by atoms with Crippen molar-refractivity contribution in [2.24, 2.45) is 5.92 Å². The number of aromatic nitrogens is 1. The van der Waals surface area contributed by atoms with Crippen LogP contribution >= 0.6 is 0 Å². The molecule has 3 heterocycles. The number of fused-ring (bicyclic) bond motifs is 3. The number of carbonyl (C=O) groups excluding carboxylic acids is 1. The second kappa shape index (κ2) is 8.16. The van der Waals surface area contributed by atoms with Crippen LogP contribution in [0.25, 0.3) is 11.1 Å². The predicted molar refractivity (Wildman–Crippen MR) is 122 cm³/mol. The van der Waals surface area contributed by atoms with E-state index in [0.29, 0.717) is 13.0 Å². The van der Waals surface area contributed by atoms with E-state index >= 15 is 0 Å². The summed E-state index contributed by atoms with van der Waals surface area (Å²) in [6.45, 7) is 0.792. The number of carbonyl (C=O) groups is 1. The number of hydrogen-bond acceptors (Lipinski definition) is 4. The minimum absolute atomic E-state index is 0.00715. The Balaban J connectivity index is 1.54. The highest BCUT2D eigenvalue weighted by Crippen LogP contribution is 2.49. The van der Waals surface area contributed by atoms with Crippen LogP contribution in [-0.2, 0) is 11.2 Å². The highest BCUT2D eigenvalue weighted by atomic mass is 16.3. The monoisotopic (exact) mass is 413 g/mol. The Bertz CT molecular complexity index is 1070. The number of likely N-dealkylation sites (tertiary alicyclic amines) is 1. The normalized spacial score (nSPS) is 22.2. The van der Waals surface area contributed by atoms with E-state index in [4.69, 9.17) is 0 Å². The standard InChI is InChI=1S/C26H27N3O2/c1-28-23-11-10-19(18-7-3-2-4-8-18)15-22(23)26-21(24(28)17-30)12-14-29(26)25(31)16-20-9-5-6-13-27-20/h2-11,13,15,21,24,26,30H,12,14,16-17H2,1H3/t21-,24+,26-/m1/s1. The fraction of sp³-hybridized carbons (Fsp3) is 0.308. The number of anilines is 1. The van der Waals surface area contributed by atoms with Gasteiger partial charge in [-0.15, -0.1) is 0 Å². The molecule has 0 spiro atoms. The summed E-state index contributed by atoms with van der Waals surface area (Å²) in [7, 11) is 2.05. The number of aliphatic hydroxyl groups excluding tert-OH is 1. The maximum Gasteiger partial charge on any atom is 0.229 e. The maximum absolute atomic E-state index is 13.3. The van der Waals surface area contributed by atoms with Crippen LogP contribution in [0.3, 0.4) is 0 Å². The number of nitrogens with zero attached hydrogens (tertiary/aromatic N) is 3.